The third-order valence-electron chi connectivity index (χ3n) is 3.71. The maximum atomic E-state index is 12.2. The third kappa shape index (κ3) is 5.55. The Labute approximate surface area is 166 Å². The highest BCUT2D eigenvalue weighted by Crippen LogP contribution is 2.34. The molecule has 1 heterocycles. The van der Waals surface area contributed by atoms with Crippen molar-refractivity contribution in [2.24, 2.45) is 0 Å². The number of ether oxygens (including phenoxy) is 3. The lowest BCUT2D eigenvalue weighted by Gasteiger charge is -2.13. The first kappa shape index (κ1) is 19.4. The van der Waals surface area contributed by atoms with Crippen molar-refractivity contribution >= 4 is 40.9 Å². The maximum Gasteiger partial charge on any atom is 0.307 e. The molecule has 142 valence electrons. The zero-order valence-electron chi connectivity index (χ0n) is 14.6. The Balaban J connectivity index is 1.42. The first-order valence-corrected chi connectivity index (χ1v) is 9.66. The van der Waals surface area contributed by atoms with Gasteiger partial charge >= 0.3 is 5.97 Å². The Morgan fingerprint density at radius 3 is 2.70 bits per heavy atom. The summed E-state index contributed by atoms with van der Waals surface area (Å²) in [6.45, 7) is 1.70. The molecular formula is C19H18ClNO5S. The van der Waals surface area contributed by atoms with Crippen LogP contribution in [0.25, 0.3) is 0 Å². The van der Waals surface area contributed by atoms with E-state index in [-0.39, 0.29) is 13.2 Å². The molecule has 1 amide bonds. The average molecular weight is 408 g/mol. The van der Waals surface area contributed by atoms with Crippen LogP contribution in [0.15, 0.2) is 47.4 Å². The van der Waals surface area contributed by atoms with Crippen LogP contribution in [0.5, 0.6) is 11.5 Å². The van der Waals surface area contributed by atoms with Gasteiger partial charge in [0.1, 0.15) is 0 Å². The Bertz CT molecular complexity index is 827. The molecule has 27 heavy (non-hydrogen) atoms. The standard InChI is InChI=1S/C19H18ClNO5S/c1-12(19(23)21-14-4-7-16-17(10-14)25-11-24-16)26-18(22)8-9-27-15-5-2-13(20)3-6-15/h2-7,10,12H,8-9,11H2,1H3,(H,21,23)/t12-/m0/s1. The number of rotatable bonds is 7. The van der Waals surface area contributed by atoms with E-state index in [9.17, 15) is 9.59 Å². The van der Waals surface area contributed by atoms with Gasteiger partial charge < -0.3 is 19.5 Å². The molecule has 1 atom stereocenters. The quantitative estimate of drug-likeness (QED) is 0.549. The highest BCUT2D eigenvalue weighted by molar-refractivity contribution is 7.99. The summed E-state index contributed by atoms with van der Waals surface area (Å²) in [6, 6.07) is 12.4. The number of halogens is 1. The van der Waals surface area contributed by atoms with E-state index in [2.05, 4.69) is 5.32 Å². The molecule has 0 fully saturated rings. The molecule has 0 unspecified atom stereocenters. The monoisotopic (exact) mass is 407 g/mol. The molecular weight excluding hydrogens is 390 g/mol. The van der Waals surface area contributed by atoms with Crippen molar-refractivity contribution in [1.29, 1.82) is 0 Å². The van der Waals surface area contributed by atoms with Gasteiger partial charge in [-0.15, -0.1) is 11.8 Å². The summed E-state index contributed by atoms with van der Waals surface area (Å²) < 4.78 is 15.7. The van der Waals surface area contributed by atoms with Crippen molar-refractivity contribution in [2.45, 2.75) is 24.3 Å². The van der Waals surface area contributed by atoms with Gasteiger partial charge in [0.2, 0.25) is 6.79 Å². The molecule has 0 spiro atoms. The second kappa shape index (κ2) is 9.01. The highest BCUT2D eigenvalue weighted by Gasteiger charge is 2.19. The van der Waals surface area contributed by atoms with Crippen LogP contribution in [-0.4, -0.2) is 30.5 Å². The Hall–Kier alpha value is -2.38. The van der Waals surface area contributed by atoms with Gasteiger partial charge in [0, 0.05) is 27.4 Å². The summed E-state index contributed by atoms with van der Waals surface area (Å²) in [4.78, 5) is 25.1. The van der Waals surface area contributed by atoms with Crippen LogP contribution in [0.4, 0.5) is 5.69 Å². The van der Waals surface area contributed by atoms with Gasteiger partial charge in [-0.1, -0.05) is 11.6 Å². The van der Waals surface area contributed by atoms with Gasteiger partial charge in [-0.2, -0.15) is 0 Å². The van der Waals surface area contributed by atoms with Crippen LogP contribution in [0, 0.1) is 0 Å². The second-order valence-electron chi connectivity index (χ2n) is 5.74. The number of anilines is 1. The second-order valence-corrected chi connectivity index (χ2v) is 7.35. The van der Waals surface area contributed by atoms with Gasteiger partial charge in [0.25, 0.3) is 5.91 Å². The van der Waals surface area contributed by atoms with Crippen molar-refractivity contribution in [3.05, 3.63) is 47.5 Å². The molecule has 1 aliphatic rings. The number of carbonyl (C=O) groups is 2. The highest BCUT2D eigenvalue weighted by atomic mass is 35.5. The topological polar surface area (TPSA) is 73.9 Å². The number of benzene rings is 2. The van der Waals surface area contributed by atoms with Crippen LogP contribution in [0.1, 0.15) is 13.3 Å². The first-order valence-electron chi connectivity index (χ1n) is 8.29. The summed E-state index contributed by atoms with van der Waals surface area (Å²) in [5.74, 6) is 0.913. The summed E-state index contributed by atoms with van der Waals surface area (Å²) in [5.41, 5.74) is 0.547. The molecule has 6 nitrogen and oxygen atoms in total. The number of hydrogen-bond donors (Lipinski definition) is 1. The summed E-state index contributed by atoms with van der Waals surface area (Å²) in [6.07, 6.45) is -0.696. The summed E-state index contributed by atoms with van der Waals surface area (Å²) in [7, 11) is 0. The summed E-state index contributed by atoms with van der Waals surface area (Å²) >= 11 is 7.36. The summed E-state index contributed by atoms with van der Waals surface area (Å²) in [5, 5.41) is 3.36. The molecule has 2 aromatic rings. The Morgan fingerprint density at radius 2 is 1.93 bits per heavy atom. The van der Waals surface area contributed by atoms with Crippen LogP contribution >= 0.6 is 23.4 Å². The van der Waals surface area contributed by atoms with Crippen molar-refractivity contribution in [3.63, 3.8) is 0 Å². The van der Waals surface area contributed by atoms with Gasteiger partial charge in [0.05, 0.1) is 6.42 Å². The fraction of sp³-hybridized carbons (Fsp3) is 0.263. The Morgan fingerprint density at radius 1 is 1.19 bits per heavy atom. The van der Waals surface area contributed by atoms with Gasteiger partial charge in [-0.3, -0.25) is 9.59 Å². The van der Waals surface area contributed by atoms with Crippen LogP contribution in [0.2, 0.25) is 5.02 Å². The minimum absolute atomic E-state index is 0.161. The van der Waals surface area contributed by atoms with Crippen LogP contribution in [0.3, 0.4) is 0 Å². The largest absolute Gasteiger partial charge is 0.454 e. The van der Waals surface area contributed by atoms with E-state index >= 15 is 0 Å². The zero-order valence-corrected chi connectivity index (χ0v) is 16.1. The van der Waals surface area contributed by atoms with E-state index in [1.165, 1.54) is 18.7 Å². The normalized spacial score (nSPS) is 13.1. The van der Waals surface area contributed by atoms with E-state index < -0.39 is 18.0 Å². The lowest BCUT2D eigenvalue weighted by atomic mass is 10.2. The number of fused-ring (bicyclic) bond motifs is 1. The van der Waals surface area contributed by atoms with Crippen molar-refractivity contribution in [3.8, 4) is 11.5 Å². The number of amides is 1. The van der Waals surface area contributed by atoms with Crippen LogP contribution in [-0.2, 0) is 14.3 Å². The number of nitrogens with one attached hydrogen (secondary N) is 1. The Kier molecular flexibility index (Phi) is 6.47. The lowest BCUT2D eigenvalue weighted by molar-refractivity contribution is -0.152. The molecule has 0 radical (unpaired) electrons. The van der Waals surface area contributed by atoms with E-state index in [1.54, 1.807) is 30.3 Å². The molecule has 0 bridgehead atoms. The van der Waals surface area contributed by atoms with Crippen molar-refractivity contribution < 1.29 is 23.8 Å². The third-order valence-corrected chi connectivity index (χ3v) is 4.97. The van der Waals surface area contributed by atoms with Gasteiger partial charge in [0.15, 0.2) is 17.6 Å². The molecule has 0 aliphatic carbocycles. The number of hydrogen-bond acceptors (Lipinski definition) is 6. The molecule has 1 aliphatic heterocycles. The van der Waals surface area contributed by atoms with E-state index in [0.29, 0.717) is 28.0 Å². The fourth-order valence-electron chi connectivity index (χ4n) is 2.31. The van der Waals surface area contributed by atoms with Gasteiger partial charge in [-0.05, 0) is 43.3 Å². The lowest BCUT2D eigenvalue weighted by Crippen LogP contribution is -2.30. The molecule has 1 N–H and O–H groups in total. The number of esters is 1. The maximum absolute atomic E-state index is 12.2. The number of thioether (sulfide) groups is 1. The van der Waals surface area contributed by atoms with E-state index in [4.69, 9.17) is 25.8 Å². The van der Waals surface area contributed by atoms with Crippen molar-refractivity contribution in [2.75, 3.05) is 17.9 Å². The van der Waals surface area contributed by atoms with Crippen LogP contribution < -0.4 is 14.8 Å². The van der Waals surface area contributed by atoms with E-state index in [1.807, 2.05) is 12.1 Å². The smallest absolute Gasteiger partial charge is 0.307 e. The predicted molar refractivity (Wildman–Crippen MR) is 104 cm³/mol. The molecule has 0 saturated carbocycles. The molecule has 3 rings (SSSR count). The molecule has 0 aromatic heterocycles. The fourth-order valence-corrected chi connectivity index (χ4v) is 3.27. The predicted octanol–water partition coefficient (Wildman–Crippen LogP) is 4.12. The minimum atomic E-state index is -0.900. The average Bonchev–Trinajstić information content (AvgIpc) is 3.11. The van der Waals surface area contributed by atoms with E-state index in [0.717, 1.165) is 4.90 Å². The molecule has 0 saturated heterocycles. The minimum Gasteiger partial charge on any atom is -0.454 e. The first-order chi connectivity index (χ1) is 13.0. The zero-order chi connectivity index (χ0) is 19.2. The molecule has 2 aromatic carbocycles. The number of carbonyl (C=O) groups excluding carboxylic acids is 2. The van der Waals surface area contributed by atoms with Crippen molar-refractivity contribution in [1.82, 2.24) is 0 Å². The van der Waals surface area contributed by atoms with Gasteiger partial charge in [-0.25, -0.2) is 0 Å². The molecule has 8 heteroatoms. The SMILES string of the molecule is C[C@H](OC(=O)CCSc1ccc(Cl)cc1)C(=O)Nc1ccc2c(c1)OCO2.